The van der Waals surface area contributed by atoms with E-state index >= 15 is 0 Å². The minimum Gasteiger partial charge on any atom is -0.504 e. The zero-order valence-corrected chi connectivity index (χ0v) is 16.8. The molecule has 2 aliphatic rings. The number of phenols is 1. The molecule has 2 amide bonds. The predicted molar refractivity (Wildman–Crippen MR) is 103 cm³/mol. The van der Waals surface area contributed by atoms with Crippen molar-refractivity contribution >= 4 is 33.2 Å². The van der Waals surface area contributed by atoms with E-state index in [1.807, 2.05) is 6.92 Å². The molecule has 0 radical (unpaired) electrons. The van der Waals surface area contributed by atoms with E-state index in [9.17, 15) is 18.3 Å². The molecule has 0 unspecified atom stereocenters. The number of phenolic OH excluding ortho intramolecular Hbond substituents is 1. The average Bonchev–Trinajstić information content (AvgIpc) is 3.20. The van der Waals surface area contributed by atoms with Crippen molar-refractivity contribution in [3.05, 3.63) is 28.4 Å². The summed E-state index contributed by atoms with van der Waals surface area (Å²) in [6.45, 7) is 3.87. The van der Waals surface area contributed by atoms with Gasteiger partial charge >= 0.3 is 6.03 Å². The molecule has 3 N–H and O–H groups in total. The van der Waals surface area contributed by atoms with Gasteiger partial charge in [0.15, 0.2) is 15.6 Å². The normalized spacial score (nSPS) is 22.9. The van der Waals surface area contributed by atoms with E-state index in [-0.39, 0.29) is 22.2 Å². The Balaban J connectivity index is 1.90. The SMILES string of the molecule is CC1=C(NC(=O)Nc2ccc(Cl)c(S(=O)(=O)[C@]3(C)CCOC3)c2O)CCC1. The van der Waals surface area contributed by atoms with Crippen LogP contribution in [0.4, 0.5) is 10.5 Å². The lowest BCUT2D eigenvalue weighted by molar-refractivity contribution is 0.191. The van der Waals surface area contributed by atoms with Gasteiger partial charge in [-0.2, -0.15) is 0 Å². The number of ether oxygens (including phenoxy) is 1. The number of hydrogen-bond donors (Lipinski definition) is 3. The maximum Gasteiger partial charge on any atom is 0.323 e. The number of carbonyl (C=O) groups excluding carboxylic acids is 1. The molecule has 27 heavy (non-hydrogen) atoms. The third-order valence-corrected chi connectivity index (χ3v) is 8.19. The highest BCUT2D eigenvalue weighted by molar-refractivity contribution is 7.93. The van der Waals surface area contributed by atoms with Gasteiger partial charge in [-0.15, -0.1) is 0 Å². The van der Waals surface area contributed by atoms with Gasteiger partial charge in [0.2, 0.25) is 0 Å². The molecule has 1 aliphatic heterocycles. The fourth-order valence-corrected chi connectivity index (χ4v) is 5.59. The van der Waals surface area contributed by atoms with Gasteiger partial charge < -0.3 is 20.5 Å². The Morgan fingerprint density at radius 2 is 2.04 bits per heavy atom. The third-order valence-electron chi connectivity index (χ3n) is 5.19. The first-order valence-electron chi connectivity index (χ1n) is 8.76. The van der Waals surface area contributed by atoms with Crippen LogP contribution in [0.15, 0.2) is 28.3 Å². The first-order valence-corrected chi connectivity index (χ1v) is 10.6. The number of hydrogen-bond acceptors (Lipinski definition) is 5. The maximum atomic E-state index is 13.1. The van der Waals surface area contributed by atoms with Crippen molar-refractivity contribution < 1.29 is 23.1 Å². The van der Waals surface area contributed by atoms with Crippen LogP contribution in [0.1, 0.15) is 39.5 Å². The van der Waals surface area contributed by atoms with Gasteiger partial charge in [-0.3, -0.25) is 0 Å². The van der Waals surface area contributed by atoms with Crippen molar-refractivity contribution in [3.63, 3.8) is 0 Å². The van der Waals surface area contributed by atoms with E-state index in [4.69, 9.17) is 16.3 Å². The second-order valence-corrected chi connectivity index (χ2v) is 10.0. The topological polar surface area (TPSA) is 105 Å². The Labute approximate surface area is 163 Å². The van der Waals surface area contributed by atoms with E-state index in [0.717, 1.165) is 30.5 Å². The number of amides is 2. The van der Waals surface area contributed by atoms with Gasteiger partial charge in [0, 0.05) is 12.3 Å². The Bertz CT molecular complexity index is 905. The number of halogens is 1. The van der Waals surface area contributed by atoms with Gasteiger partial charge in [-0.05, 0) is 51.7 Å². The number of anilines is 1. The number of allylic oxidation sites excluding steroid dienone is 2. The Morgan fingerprint density at radius 3 is 2.63 bits per heavy atom. The number of nitrogens with one attached hydrogen (secondary N) is 2. The van der Waals surface area contributed by atoms with E-state index in [1.165, 1.54) is 12.1 Å². The lowest BCUT2D eigenvalue weighted by atomic mass is 10.1. The van der Waals surface area contributed by atoms with Gasteiger partial charge in [-0.1, -0.05) is 17.2 Å². The standard InChI is InChI=1S/C18H23ClN2O5S/c1-11-4-3-5-13(11)20-17(23)21-14-7-6-12(19)16(15(14)22)27(24,25)18(2)8-9-26-10-18/h6-7,22H,3-5,8-10H2,1-2H3,(H2,20,21,23)/t18-/m1/s1. The molecule has 1 fully saturated rings. The number of aromatic hydroxyl groups is 1. The highest BCUT2D eigenvalue weighted by Crippen LogP contribution is 2.43. The monoisotopic (exact) mass is 414 g/mol. The number of benzene rings is 1. The second kappa shape index (κ2) is 7.33. The Kier molecular flexibility index (Phi) is 5.42. The quantitative estimate of drug-likeness (QED) is 0.653. The largest absolute Gasteiger partial charge is 0.504 e. The van der Waals surface area contributed by atoms with Crippen molar-refractivity contribution in [1.82, 2.24) is 5.32 Å². The fourth-order valence-electron chi connectivity index (χ4n) is 3.36. The van der Waals surface area contributed by atoms with Gasteiger partial charge in [-0.25, -0.2) is 13.2 Å². The number of urea groups is 1. The minimum absolute atomic E-state index is 0.0192. The molecular formula is C18H23ClN2O5S. The fraction of sp³-hybridized carbons (Fsp3) is 0.500. The highest BCUT2D eigenvalue weighted by Gasteiger charge is 2.46. The zero-order valence-electron chi connectivity index (χ0n) is 15.3. The zero-order chi connectivity index (χ0) is 19.8. The Hall–Kier alpha value is -1.77. The summed E-state index contributed by atoms with van der Waals surface area (Å²) in [4.78, 5) is 11.9. The molecule has 1 heterocycles. The summed E-state index contributed by atoms with van der Waals surface area (Å²) < 4.78 is 30.3. The van der Waals surface area contributed by atoms with Gasteiger partial charge in [0.1, 0.15) is 4.90 Å². The summed E-state index contributed by atoms with van der Waals surface area (Å²) in [5, 5.41) is 15.8. The van der Waals surface area contributed by atoms with E-state index in [0.29, 0.717) is 13.0 Å². The summed E-state index contributed by atoms with van der Waals surface area (Å²) in [6.07, 6.45) is 3.00. The molecule has 1 aliphatic carbocycles. The van der Waals surface area contributed by atoms with Crippen LogP contribution in [0.2, 0.25) is 5.02 Å². The van der Waals surface area contributed by atoms with Crippen LogP contribution in [0.3, 0.4) is 0 Å². The van der Waals surface area contributed by atoms with E-state index in [2.05, 4.69) is 10.6 Å². The van der Waals surface area contributed by atoms with Crippen LogP contribution >= 0.6 is 11.6 Å². The molecule has 1 atom stereocenters. The van der Waals surface area contributed by atoms with Crippen LogP contribution in [-0.2, 0) is 14.6 Å². The molecule has 1 aromatic carbocycles. The molecular weight excluding hydrogens is 392 g/mol. The van der Waals surface area contributed by atoms with Crippen molar-refractivity contribution in [2.24, 2.45) is 0 Å². The van der Waals surface area contributed by atoms with Crippen LogP contribution in [-0.4, -0.2) is 37.5 Å². The predicted octanol–water partition coefficient (Wildman–Crippen LogP) is 3.58. The van der Waals surface area contributed by atoms with Crippen LogP contribution in [0.25, 0.3) is 0 Å². The van der Waals surface area contributed by atoms with Gasteiger partial charge in [0.05, 0.1) is 22.1 Å². The van der Waals surface area contributed by atoms with Crippen molar-refractivity contribution in [2.45, 2.75) is 49.2 Å². The average molecular weight is 415 g/mol. The molecule has 9 heteroatoms. The lowest BCUT2D eigenvalue weighted by Gasteiger charge is -2.24. The number of carbonyl (C=O) groups is 1. The summed E-state index contributed by atoms with van der Waals surface area (Å²) in [5.74, 6) is -0.567. The minimum atomic E-state index is -3.98. The highest BCUT2D eigenvalue weighted by atomic mass is 35.5. The molecule has 0 bridgehead atoms. The van der Waals surface area contributed by atoms with Crippen LogP contribution < -0.4 is 10.6 Å². The second-order valence-electron chi connectivity index (χ2n) is 7.22. The van der Waals surface area contributed by atoms with Crippen molar-refractivity contribution in [3.8, 4) is 5.75 Å². The number of sulfone groups is 1. The third kappa shape index (κ3) is 3.66. The first kappa shape index (κ1) is 20.0. The summed E-state index contributed by atoms with van der Waals surface area (Å²) in [6, 6.07) is 2.19. The molecule has 7 nitrogen and oxygen atoms in total. The first-order chi connectivity index (χ1) is 12.7. The van der Waals surface area contributed by atoms with E-state index in [1.54, 1.807) is 6.92 Å². The van der Waals surface area contributed by atoms with Crippen molar-refractivity contribution in [2.75, 3.05) is 18.5 Å². The molecule has 148 valence electrons. The lowest BCUT2D eigenvalue weighted by Crippen LogP contribution is -2.36. The molecule has 0 saturated carbocycles. The molecule has 0 spiro atoms. The van der Waals surface area contributed by atoms with Crippen molar-refractivity contribution in [1.29, 1.82) is 0 Å². The summed E-state index contributed by atoms with van der Waals surface area (Å²) in [7, 11) is -3.98. The van der Waals surface area contributed by atoms with Gasteiger partial charge in [0.25, 0.3) is 0 Å². The molecule has 3 rings (SSSR count). The van der Waals surface area contributed by atoms with E-state index < -0.39 is 26.4 Å². The number of rotatable bonds is 4. The summed E-state index contributed by atoms with van der Waals surface area (Å²) in [5.41, 5.74) is 1.95. The Morgan fingerprint density at radius 1 is 1.30 bits per heavy atom. The summed E-state index contributed by atoms with van der Waals surface area (Å²) >= 11 is 6.10. The molecule has 1 aromatic rings. The van der Waals surface area contributed by atoms with Crippen LogP contribution in [0, 0.1) is 0 Å². The van der Waals surface area contributed by atoms with Crippen LogP contribution in [0.5, 0.6) is 5.75 Å². The smallest absolute Gasteiger partial charge is 0.323 e. The molecule has 1 saturated heterocycles. The maximum absolute atomic E-state index is 13.1. The molecule has 0 aromatic heterocycles.